The van der Waals surface area contributed by atoms with E-state index < -0.39 is 12.1 Å². The average Bonchev–Trinajstić information content (AvgIpc) is 2.37. The Kier molecular flexibility index (Phi) is 9.17. The second-order valence-corrected chi connectivity index (χ2v) is 3.92. The zero-order valence-electron chi connectivity index (χ0n) is 11.4. The van der Waals surface area contributed by atoms with Gasteiger partial charge in [0.2, 0.25) is 5.91 Å². The predicted octanol–water partition coefficient (Wildman–Crippen LogP) is -0.872. The minimum atomic E-state index is -0.502. The van der Waals surface area contributed by atoms with Gasteiger partial charge >= 0.3 is 6.03 Å². The van der Waals surface area contributed by atoms with Crippen molar-refractivity contribution in [3.05, 3.63) is 0 Å². The molecule has 0 bridgehead atoms. The molecular weight excluding hydrogens is 236 g/mol. The molecule has 0 rings (SSSR count). The summed E-state index contributed by atoms with van der Waals surface area (Å²) in [6, 6.07) is -0.902. The molecule has 0 saturated heterocycles. The van der Waals surface area contributed by atoms with Gasteiger partial charge in [-0.3, -0.25) is 15.0 Å². The van der Waals surface area contributed by atoms with E-state index in [0.29, 0.717) is 26.2 Å². The highest BCUT2D eigenvalue weighted by molar-refractivity contribution is 5.96. The van der Waals surface area contributed by atoms with Crippen molar-refractivity contribution in [2.24, 2.45) is 5.73 Å². The van der Waals surface area contributed by atoms with Crippen molar-refractivity contribution in [3.63, 3.8) is 0 Å². The van der Waals surface area contributed by atoms with Crippen molar-refractivity contribution in [1.82, 2.24) is 15.5 Å². The van der Waals surface area contributed by atoms with E-state index in [-0.39, 0.29) is 5.91 Å². The molecule has 0 fully saturated rings. The molecule has 0 spiro atoms. The summed E-state index contributed by atoms with van der Waals surface area (Å²) in [7, 11) is 3.07. The van der Waals surface area contributed by atoms with E-state index in [4.69, 9.17) is 10.5 Å². The third kappa shape index (κ3) is 6.53. The Morgan fingerprint density at radius 3 is 2.56 bits per heavy atom. The van der Waals surface area contributed by atoms with E-state index in [1.165, 1.54) is 7.05 Å². The van der Waals surface area contributed by atoms with Gasteiger partial charge in [0.25, 0.3) is 0 Å². The minimum absolute atomic E-state index is 0.331. The maximum Gasteiger partial charge on any atom is 0.321 e. The van der Waals surface area contributed by atoms with Crippen LogP contribution < -0.4 is 16.4 Å². The van der Waals surface area contributed by atoms with Gasteiger partial charge in [-0.25, -0.2) is 4.79 Å². The lowest BCUT2D eigenvalue weighted by Gasteiger charge is -2.27. The van der Waals surface area contributed by atoms with Crippen LogP contribution in [0.2, 0.25) is 0 Å². The van der Waals surface area contributed by atoms with Crippen molar-refractivity contribution in [2.45, 2.75) is 19.4 Å². The lowest BCUT2D eigenvalue weighted by molar-refractivity contribution is -0.125. The van der Waals surface area contributed by atoms with E-state index >= 15 is 0 Å². The first-order chi connectivity index (χ1) is 8.56. The summed E-state index contributed by atoms with van der Waals surface area (Å²) >= 11 is 0. The fraction of sp³-hybridized carbons (Fsp3) is 0.818. The Labute approximate surface area is 108 Å². The number of carbonyl (C=O) groups excluding carboxylic acids is 2. The number of methoxy groups -OCH3 is 1. The van der Waals surface area contributed by atoms with Gasteiger partial charge in [0.05, 0.1) is 12.6 Å². The number of ether oxygens (including phenoxy) is 1. The quantitative estimate of drug-likeness (QED) is 0.527. The van der Waals surface area contributed by atoms with Gasteiger partial charge in [0, 0.05) is 27.2 Å². The van der Waals surface area contributed by atoms with Gasteiger partial charge < -0.3 is 15.8 Å². The Morgan fingerprint density at radius 2 is 2.06 bits per heavy atom. The Hall–Kier alpha value is -1.18. The molecule has 0 saturated carbocycles. The van der Waals surface area contributed by atoms with Crippen LogP contribution in [0, 0.1) is 0 Å². The van der Waals surface area contributed by atoms with Crippen molar-refractivity contribution in [2.75, 3.05) is 40.4 Å². The van der Waals surface area contributed by atoms with E-state index in [0.717, 1.165) is 6.42 Å². The molecule has 7 heteroatoms. The number of imide groups is 1. The molecule has 4 N–H and O–H groups in total. The molecule has 0 aliphatic carbocycles. The highest BCUT2D eigenvalue weighted by Gasteiger charge is 2.21. The van der Waals surface area contributed by atoms with Crippen molar-refractivity contribution in [1.29, 1.82) is 0 Å². The van der Waals surface area contributed by atoms with Gasteiger partial charge in [-0.15, -0.1) is 0 Å². The Balaban J connectivity index is 4.36. The number of rotatable bonds is 8. The highest BCUT2D eigenvalue weighted by atomic mass is 16.5. The van der Waals surface area contributed by atoms with Gasteiger partial charge in [0.15, 0.2) is 0 Å². The standard InChI is InChI=1S/C11H24N4O3/c1-9(10(16)14-11(17)13-2)15(6-4-5-12)7-8-18-3/h9H,4-8,12H2,1-3H3,(H2,13,14,16,17). The lowest BCUT2D eigenvalue weighted by atomic mass is 10.2. The number of amides is 3. The average molecular weight is 260 g/mol. The largest absolute Gasteiger partial charge is 0.383 e. The predicted molar refractivity (Wildman–Crippen MR) is 69.2 cm³/mol. The number of nitrogens with two attached hydrogens (primary N) is 1. The van der Waals surface area contributed by atoms with Crippen molar-refractivity contribution >= 4 is 11.9 Å². The van der Waals surface area contributed by atoms with E-state index in [9.17, 15) is 9.59 Å². The van der Waals surface area contributed by atoms with Crippen LogP contribution in [-0.2, 0) is 9.53 Å². The van der Waals surface area contributed by atoms with Crippen LogP contribution in [0.1, 0.15) is 13.3 Å². The number of urea groups is 1. The van der Waals surface area contributed by atoms with Crippen molar-refractivity contribution < 1.29 is 14.3 Å². The first-order valence-corrected chi connectivity index (χ1v) is 6.02. The normalized spacial score (nSPS) is 12.3. The van der Waals surface area contributed by atoms with Crippen molar-refractivity contribution in [3.8, 4) is 0 Å². The fourth-order valence-corrected chi connectivity index (χ4v) is 1.45. The van der Waals surface area contributed by atoms with Crippen LogP contribution in [0.3, 0.4) is 0 Å². The first-order valence-electron chi connectivity index (χ1n) is 6.02. The summed E-state index contributed by atoms with van der Waals surface area (Å²) in [6.45, 7) is 4.17. The monoisotopic (exact) mass is 260 g/mol. The molecule has 1 atom stereocenters. The summed E-state index contributed by atoms with van der Waals surface area (Å²) in [5.74, 6) is -0.331. The first kappa shape index (κ1) is 16.8. The second-order valence-electron chi connectivity index (χ2n) is 3.92. The SMILES string of the molecule is CNC(=O)NC(=O)C(C)N(CCCN)CCOC. The summed E-state index contributed by atoms with van der Waals surface area (Å²) in [4.78, 5) is 24.8. The molecule has 0 radical (unpaired) electrons. The molecule has 0 aliphatic heterocycles. The summed E-state index contributed by atoms with van der Waals surface area (Å²) < 4.78 is 5.00. The molecule has 7 nitrogen and oxygen atoms in total. The highest BCUT2D eigenvalue weighted by Crippen LogP contribution is 2.01. The molecular formula is C11H24N4O3. The van der Waals surface area contributed by atoms with Gasteiger partial charge in [-0.05, 0) is 19.9 Å². The topological polar surface area (TPSA) is 96.7 Å². The molecule has 0 aromatic carbocycles. The smallest absolute Gasteiger partial charge is 0.321 e. The molecule has 0 heterocycles. The maximum absolute atomic E-state index is 11.8. The number of nitrogens with zero attached hydrogens (tertiary/aromatic N) is 1. The van der Waals surface area contributed by atoms with E-state index in [1.807, 2.05) is 4.90 Å². The van der Waals surface area contributed by atoms with Crippen LogP contribution in [0.25, 0.3) is 0 Å². The van der Waals surface area contributed by atoms with Gasteiger partial charge in [-0.2, -0.15) is 0 Å². The van der Waals surface area contributed by atoms with Gasteiger partial charge in [0.1, 0.15) is 0 Å². The van der Waals surface area contributed by atoms with Crippen LogP contribution >= 0.6 is 0 Å². The lowest BCUT2D eigenvalue weighted by Crippen LogP contribution is -2.50. The minimum Gasteiger partial charge on any atom is -0.383 e. The fourth-order valence-electron chi connectivity index (χ4n) is 1.45. The van der Waals surface area contributed by atoms with Crippen LogP contribution in [-0.4, -0.2) is 63.3 Å². The molecule has 0 aromatic heterocycles. The third-order valence-corrected chi connectivity index (χ3v) is 2.62. The molecule has 18 heavy (non-hydrogen) atoms. The summed E-state index contributed by atoms with van der Waals surface area (Å²) in [5.41, 5.74) is 5.46. The third-order valence-electron chi connectivity index (χ3n) is 2.62. The van der Waals surface area contributed by atoms with E-state index in [2.05, 4.69) is 10.6 Å². The Morgan fingerprint density at radius 1 is 1.39 bits per heavy atom. The zero-order valence-corrected chi connectivity index (χ0v) is 11.4. The Bertz CT molecular complexity index is 253. The zero-order chi connectivity index (χ0) is 14.0. The van der Waals surface area contributed by atoms with Crippen LogP contribution in [0.5, 0.6) is 0 Å². The van der Waals surface area contributed by atoms with E-state index in [1.54, 1.807) is 14.0 Å². The second kappa shape index (κ2) is 9.81. The molecule has 0 aliphatic rings. The van der Waals surface area contributed by atoms with Crippen LogP contribution in [0.4, 0.5) is 4.79 Å². The number of nitrogens with one attached hydrogen (secondary N) is 2. The number of carbonyl (C=O) groups is 2. The molecule has 106 valence electrons. The summed E-state index contributed by atoms with van der Waals surface area (Å²) in [5, 5.41) is 4.60. The molecule has 1 unspecified atom stereocenters. The number of hydrogen-bond acceptors (Lipinski definition) is 5. The molecule has 3 amide bonds. The summed E-state index contributed by atoms with van der Waals surface area (Å²) in [6.07, 6.45) is 0.793. The maximum atomic E-state index is 11.8. The van der Waals surface area contributed by atoms with Crippen LogP contribution in [0.15, 0.2) is 0 Å². The molecule has 0 aromatic rings. The van der Waals surface area contributed by atoms with Gasteiger partial charge in [-0.1, -0.05) is 0 Å². The number of hydrogen-bond donors (Lipinski definition) is 3.